The topological polar surface area (TPSA) is 38.3 Å². The second-order valence-corrected chi connectivity index (χ2v) is 4.76. The van der Waals surface area contributed by atoms with Crippen LogP contribution in [0, 0.1) is 5.92 Å². The Morgan fingerprint density at radius 1 is 1.29 bits per heavy atom. The van der Waals surface area contributed by atoms with Crippen molar-refractivity contribution in [2.24, 2.45) is 5.92 Å². The van der Waals surface area contributed by atoms with Gasteiger partial charge in [0.15, 0.2) is 0 Å². The van der Waals surface area contributed by atoms with Gasteiger partial charge >= 0.3 is 5.97 Å². The Bertz CT molecular complexity index is 195. The second kappa shape index (κ2) is 10.6. The van der Waals surface area contributed by atoms with Crippen molar-refractivity contribution >= 4 is 5.97 Å². The van der Waals surface area contributed by atoms with Crippen LogP contribution >= 0.6 is 0 Å². The van der Waals surface area contributed by atoms with Crippen molar-refractivity contribution in [1.29, 1.82) is 0 Å². The van der Waals surface area contributed by atoms with E-state index in [4.69, 9.17) is 4.74 Å². The molecule has 0 aromatic carbocycles. The van der Waals surface area contributed by atoms with Gasteiger partial charge in [-0.25, -0.2) is 0 Å². The Hall–Kier alpha value is -0.570. The molecule has 102 valence electrons. The third-order valence-corrected chi connectivity index (χ3v) is 3.05. The Morgan fingerprint density at radius 2 is 2.00 bits per heavy atom. The molecule has 17 heavy (non-hydrogen) atoms. The molecule has 0 aromatic rings. The summed E-state index contributed by atoms with van der Waals surface area (Å²) in [6.45, 7) is 9.89. The maximum atomic E-state index is 11.6. The van der Waals surface area contributed by atoms with Crippen LogP contribution in [0.3, 0.4) is 0 Å². The molecule has 0 aliphatic heterocycles. The smallest absolute Gasteiger partial charge is 0.307 e. The number of esters is 1. The fourth-order valence-corrected chi connectivity index (χ4v) is 1.84. The van der Waals surface area contributed by atoms with Gasteiger partial charge in [-0.05, 0) is 25.8 Å². The number of nitrogens with one attached hydrogen (secondary N) is 1. The molecule has 0 aliphatic rings. The second-order valence-electron chi connectivity index (χ2n) is 4.76. The van der Waals surface area contributed by atoms with Crippen LogP contribution in [0.15, 0.2) is 0 Å². The first-order valence-electron chi connectivity index (χ1n) is 7.02. The number of carbonyl (C=O) groups is 1. The molecule has 0 fully saturated rings. The lowest BCUT2D eigenvalue weighted by Crippen LogP contribution is -2.29. The van der Waals surface area contributed by atoms with Crippen LogP contribution in [0.25, 0.3) is 0 Å². The van der Waals surface area contributed by atoms with Gasteiger partial charge in [-0.3, -0.25) is 4.79 Å². The monoisotopic (exact) mass is 243 g/mol. The number of hydrogen-bond acceptors (Lipinski definition) is 3. The lowest BCUT2D eigenvalue weighted by atomic mass is 10.0. The van der Waals surface area contributed by atoms with Gasteiger partial charge in [0.2, 0.25) is 0 Å². The Morgan fingerprint density at radius 3 is 2.53 bits per heavy atom. The van der Waals surface area contributed by atoms with Gasteiger partial charge in [-0.2, -0.15) is 0 Å². The number of rotatable bonds is 10. The summed E-state index contributed by atoms with van der Waals surface area (Å²) in [7, 11) is 0. The predicted octanol–water partition coefficient (Wildman–Crippen LogP) is 3.13. The SMILES string of the molecule is CCCCC(CC)COC(=O)CC(C)NCC. The summed E-state index contributed by atoms with van der Waals surface area (Å²) < 4.78 is 5.33. The fourth-order valence-electron chi connectivity index (χ4n) is 1.84. The summed E-state index contributed by atoms with van der Waals surface area (Å²) >= 11 is 0. The molecule has 0 bridgehead atoms. The molecule has 0 heterocycles. The summed E-state index contributed by atoms with van der Waals surface area (Å²) in [5.74, 6) is 0.460. The number of ether oxygens (including phenoxy) is 1. The highest BCUT2D eigenvalue weighted by molar-refractivity contribution is 5.70. The van der Waals surface area contributed by atoms with Crippen LogP contribution in [0.1, 0.15) is 59.8 Å². The van der Waals surface area contributed by atoms with Crippen molar-refractivity contribution in [2.75, 3.05) is 13.2 Å². The van der Waals surface area contributed by atoms with E-state index in [0.29, 0.717) is 18.9 Å². The van der Waals surface area contributed by atoms with Gasteiger partial charge in [0, 0.05) is 6.04 Å². The zero-order valence-electron chi connectivity index (χ0n) is 11.9. The molecular formula is C14H29NO2. The van der Waals surface area contributed by atoms with E-state index < -0.39 is 0 Å². The summed E-state index contributed by atoms with van der Waals surface area (Å²) in [5.41, 5.74) is 0. The molecule has 0 spiro atoms. The summed E-state index contributed by atoms with van der Waals surface area (Å²) in [6, 6.07) is 0.211. The number of hydrogen-bond donors (Lipinski definition) is 1. The molecule has 0 radical (unpaired) electrons. The van der Waals surface area contributed by atoms with E-state index >= 15 is 0 Å². The first kappa shape index (κ1) is 16.4. The van der Waals surface area contributed by atoms with Gasteiger partial charge < -0.3 is 10.1 Å². The minimum absolute atomic E-state index is 0.0756. The molecule has 0 rings (SSSR count). The van der Waals surface area contributed by atoms with Crippen LogP contribution in [0.5, 0.6) is 0 Å². The quantitative estimate of drug-likeness (QED) is 0.599. The highest BCUT2D eigenvalue weighted by Gasteiger charge is 2.12. The van der Waals surface area contributed by atoms with E-state index in [1.807, 2.05) is 13.8 Å². The number of unbranched alkanes of at least 4 members (excludes halogenated alkanes) is 1. The minimum Gasteiger partial charge on any atom is -0.465 e. The van der Waals surface area contributed by atoms with Crippen molar-refractivity contribution < 1.29 is 9.53 Å². The zero-order chi connectivity index (χ0) is 13.1. The van der Waals surface area contributed by atoms with Crippen molar-refractivity contribution in [3.63, 3.8) is 0 Å². The lowest BCUT2D eigenvalue weighted by molar-refractivity contribution is -0.145. The third kappa shape index (κ3) is 9.16. The Kier molecular flexibility index (Phi) is 10.2. The lowest BCUT2D eigenvalue weighted by Gasteiger charge is -2.16. The maximum absolute atomic E-state index is 11.6. The van der Waals surface area contributed by atoms with Gasteiger partial charge in [0.25, 0.3) is 0 Å². The standard InChI is InChI=1S/C14H29NO2/c1-5-8-9-13(6-2)11-17-14(16)10-12(4)15-7-3/h12-13,15H,5-11H2,1-4H3. The first-order valence-corrected chi connectivity index (χ1v) is 7.02. The van der Waals surface area contributed by atoms with Crippen molar-refractivity contribution in [3.05, 3.63) is 0 Å². The van der Waals surface area contributed by atoms with Crippen molar-refractivity contribution in [3.8, 4) is 0 Å². The third-order valence-electron chi connectivity index (χ3n) is 3.05. The molecule has 3 heteroatoms. The predicted molar refractivity (Wildman–Crippen MR) is 72.0 cm³/mol. The van der Waals surface area contributed by atoms with Gasteiger partial charge in [-0.15, -0.1) is 0 Å². The van der Waals surface area contributed by atoms with Crippen LogP contribution in [-0.2, 0) is 9.53 Å². The van der Waals surface area contributed by atoms with E-state index in [1.165, 1.54) is 19.3 Å². The molecule has 0 aromatic heterocycles. The van der Waals surface area contributed by atoms with Crippen LogP contribution in [0.4, 0.5) is 0 Å². The molecule has 0 saturated carbocycles. The van der Waals surface area contributed by atoms with Crippen LogP contribution in [-0.4, -0.2) is 25.2 Å². The van der Waals surface area contributed by atoms with E-state index in [1.54, 1.807) is 0 Å². The summed E-state index contributed by atoms with van der Waals surface area (Å²) in [5, 5.41) is 3.21. The highest BCUT2D eigenvalue weighted by atomic mass is 16.5. The molecule has 0 amide bonds. The Balaban J connectivity index is 3.72. The zero-order valence-corrected chi connectivity index (χ0v) is 11.9. The molecule has 0 saturated heterocycles. The van der Waals surface area contributed by atoms with Gasteiger partial charge in [-0.1, -0.05) is 40.0 Å². The largest absolute Gasteiger partial charge is 0.465 e. The molecule has 3 nitrogen and oxygen atoms in total. The van der Waals surface area contributed by atoms with E-state index in [2.05, 4.69) is 19.2 Å². The van der Waals surface area contributed by atoms with Crippen molar-refractivity contribution in [2.45, 2.75) is 65.8 Å². The van der Waals surface area contributed by atoms with Crippen LogP contribution in [0.2, 0.25) is 0 Å². The van der Waals surface area contributed by atoms with Crippen LogP contribution < -0.4 is 5.32 Å². The number of carbonyl (C=O) groups excluding carboxylic acids is 1. The van der Waals surface area contributed by atoms with Crippen molar-refractivity contribution in [1.82, 2.24) is 5.32 Å². The molecule has 2 atom stereocenters. The average Bonchev–Trinajstić information content (AvgIpc) is 2.29. The highest BCUT2D eigenvalue weighted by Crippen LogP contribution is 2.13. The summed E-state index contributed by atoms with van der Waals surface area (Å²) in [6.07, 6.45) is 5.17. The molecular weight excluding hydrogens is 214 g/mol. The average molecular weight is 243 g/mol. The maximum Gasteiger partial charge on any atom is 0.307 e. The normalized spacial score (nSPS) is 14.4. The molecule has 2 unspecified atom stereocenters. The Labute approximate surface area is 106 Å². The summed E-state index contributed by atoms with van der Waals surface area (Å²) in [4.78, 5) is 11.6. The van der Waals surface area contributed by atoms with E-state index in [0.717, 1.165) is 13.0 Å². The van der Waals surface area contributed by atoms with Gasteiger partial charge in [0.05, 0.1) is 13.0 Å². The minimum atomic E-state index is -0.0756. The molecule has 1 N–H and O–H groups in total. The van der Waals surface area contributed by atoms with E-state index in [9.17, 15) is 4.79 Å². The molecule has 0 aliphatic carbocycles. The van der Waals surface area contributed by atoms with E-state index in [-0.39, 0.29) is 12.0 Å². The van der Waals surface area contributed by atoms with Gasteiger partial charge in [0.1, 0.15) is 0 Å². The fraction of sp³-hybridized carbons (Fsp3) is 0.929. The first-order chi connectivity index (χ1) is 8.13.